The lowest BCUT2D eigenvalue weighted by molar-refractivity contribution is 0.0987. The van der Waals surface area contributed by atoms with Crippen LogP contribution in [0.1, 0.15) is 64.7 Å². The summed E-state index contributed by atoms with van der Waals surface area (Å²) in [5.41, 5.74) is 0. The van der Waals surface area contributed by atoms with Gasteiger partial charge in [-0.2, -0.15) is 0 Å². The maximum atomic E-state index is 3.90. The van der Waals surface area contributed by atoms with Gasteiger partial charge < -0.3 is 10.2 Å². The number of hydrogen-bond acceptors (Lipinski definition) is 2. The van der Waals surface area contributed by atoms with Crippen molar-refractivity contribution < 1.29 is 0 Å². The van der Waals surface area contributed by atoms with Gasteiger partial charge in [0.1, 0.15) is 0 Å². The smallest absolute Gasteiger partial charge is 0.00991 e. The molecule has 3 aliphatic rings. The monoisotopic (exact) mass is 264 g/mol. The summed E-state index contributed by atoms with van der Waals surface area (Å²) < 4.78 is 0. The Morgan fingerprint density at radius 1 is 1.11 bits per heavy atom. The zero-order valence-electron chi connectivity index (χ0n) is 12.9. The Labute approximate surface area is 119 Å². The van der Waals surface area contributed by atoms with Crippen molar-refractivity contribution in [2.24, 2.45) is 11.8 Å². The van der Waals surface area contributed by atoms with Crippen LogP contribution in [0.2, 0.25) is 0 Å². The van der Waals surface area contributed by atoms with E-state index in [1.165, 1.54) is 64.3 Å². The number of piperidine rings is 1. The van der Waals surface area contributed by atoms with E-state index in [1.807, 2.05) is 0 Å². The van der Waals surface area contributed by atoms with Crippen molar-refractivity contribution in [1.29, 1.82) is 0 Å². The van der Waals surface area contributed by atoms with Gasteiger partial charge in [-0.05, 0) is 64.0 Å². The number of nitrogens with one attached hydrogen (secondary N) is 1. The van der Waals surface area contributed by atoms with Crippen molar-refractivity contribution in [2.45, 2.75) is 82.8 Å². The van der Waals surface area contributed by atoms with E-state index < -0.39 is 0 Å². The maximum absolute atomic E-state index is 3.90. The van der Waals surface area contributed by atoms with E-state index in [0.717, 1.165) is 30.0 Å². The number of fused-ring (bicyclic) bond motifs is 2. The van der Waals surface area contributed by atoms with Crippen molar-refractivity contribution >= 4 is 0 Å². The quantitative estimate of drug-likeness (QED) is 0.791. The van der Waals surface area contributed by atoms with Crippen LogP contribution in [0.25, 0.3) is 0 Å². The molecule has 2 nitrogen and oxygen atoms in total. The maximum Gasteiger partial charge on any atom is 0.00991 e. The van der Waals surface area contributed by atoms with E-state index in [-0.39, 0.29) is 0 Å². The predicted molar refractivity (Wildman–Crippen MR) is 81.3 cm³/mol. The van der Waals surface area contributed by atoms with E-state index in [0.29, 0.717) is 0 Å². The Hall–Kier alpha value is -0.0800. The average molecular weight is 264 g/mol. The first-order chi connectivity index (χ1) is 9.28. The molecule has 3 rings (SSSR count). The molecule has 3 atom stereocenters. The molecule has 3 unspecified atom stereocenters. The molecule has 1 saturated carbocycles. The summed E-state index contributed by atoms with van der Waals surface area (Å²) >= 11 is 0. The normalized spacial score (nSPS) is 37.3. The summed E-state index contributed by atoms with van der Waals surface area (Å²) in [6, 6.07) is 2.62. The number of rotatable bonds is 6. The third kappa shape index (κ3) is 3.00. The topological polar surface area (TPSA) is 15.3 Å². The fourth-order valence-electron chi connectivity index (χ4n) is 4.64. The summed E-state index contributed by atoms with van der Waals surface area (Å²) in [4.78, 5) is 2.68. The highest BCUT2D eigenvalue weighted by Gasteiger charge is 2.41. The third-order valence-electron chi connectivity index (χ3n) is 6.17. The molecule has 2 bridgehead atoms. The summed E-state index contributed by atoms with van der Waals surface area (Å²) in [6.45, 7) is 3.52. The van der Waals surface area contributed by atoms with Gasteiger partial charge >= 0.3 is 0 Å². The number of hydrogen-bond donors (Lipinski definition) is 1. The Balaban J connectivity index is 1.58. The van der Waals surface area contributed by atoms with Crippen molar-refractivity contribution in [3.63, 3.8) is 0 Å². The molecule has 0 aromatic carbocycles. The average Bonchev–Trinajstić information content (AvgIpc) is 2.60. The molecule has 2 saturated heterocycles. The van der Waals surface area contributed by atoms with Crippen LogP contribution in [-0.2, 0) is 0 Å². The molecular weight excluding hydrogens is 232 g/mol. The molecule has 0 radical (unpaired) electrons. The van der Waals surface area contributed by atoms with Gasteiger partial charge in [0.2, 0.25) is 0 Å². The van der Waals surface area contributed by atoms with E-state index in [9.17, 15) is 0 Å². The van der Waals surface area contributed by atoms with Gasteiger partial charge in [-0.15, -0.1) is 0 Å². The van der Waals surface area contributed by atoms with Gasteiger partial charge in [-0.1, -0.05) is 26.2 Å². The van der Waals surface area contributed by atoms with E-state index in [1.54, 1.807) is 0 Å². The summed E-state index contributed by atoms with van der Waals surface area (Å²) in [5, 5.41) is 3.90. The molecule has 2 aliphatic heterocycles. The van der Waals surface area contributed by atoms with Crippen molar-refractivity contribution in [3.05, 3.63) is 0 Å². The van der Waals surface area contributed by atoms with Crippen LogP contribution in [0.5, 0.6) is 0 Å². The highest BCUT2D eigenvalue weighted by Crippen LogP contribution is 2.41. The zero-order valence-corrected chi connectivity index (χ0v) is 12.9. The van der Waals surface area contributed by atoms with Gasteiger partial charge in [-0.3, -0.25) is 0 Å². The lowest BCUT2D eigenvalue weighted by Gasteiger charge is -2.42. The lowest BCUT2D eigenvalue weighted by atomic mass is 9.75. The van der Waals surface area contributed by atoms with Gasteiger partial charge in [0.15, 0.2) is 0 Å². The molecule has 2 heteroatoms. The van der Waals surface area contributed by atoms with E-state index in [2.05, 4.69) is 24.2 Å². The Kier molecular flexibility index (Phi) is 4.48. The molecule has 19 heavy (non-hydrogen) atoms. The summed E-state index contributed by atoms with van der Waals surface area (Å²) in [6.07, 6.45) is 13.1. The van der Waals surface area contributed by atoms with Crippen LogP contribution in [-0.4, -0.2) is 36.6 Å². The van der Waals surface area contributed by atoms with Crippen LogP contribution in [0.4, 0.5) is 0 Å². The minimum absolute atomic E-state index is 0.821. The van der Waals surface area contributed by atoms with E-state index in [4.69, 9.17) is 0 Å². The first kappa shape index (κ1) is 13.9. The van der Waals surface area contributed by atoms with Crippen LogP contribution in [0.3, 0.4) is 0 Å². The van der Waals surface area contributed by atoms with Crippen LogP contribution in [0, 0.1) is 11.8 Å². The molecule has 110 valence electrons. The molecule has 1 N–H and O–H groups in total. The second-order valence-corrected chi connectivity index (χ2v) is 7.38. The highest BCUT2D eigenvalue weighted by atomic mass is 15.2. The summed E-state index contributed by atoms with van der Waals surface area (Å²) in [5.74, 6) is 2.01. The predicted octanol–water partition coefficient (Wildman–Crippen LogP) is 3.42. The lowest BCUT2D eigenvalue weighted by Crippen LogP contribution is -2.48. The molecule has 1 aliphatic carbocycles. The SMILES string of the molecule is CCCNC(CC1CCC1)C1CC2CCC(C1)N2C. The fourth-order valence-corrected chi connectivity index (χ4v) is 4.64. The minimum Gasteiger partial charge on any atom is -0.314 e. The highest BCUT2D eigenvalue weighted by molar-refractivity contribution is 4.97. The van der Waals surface area contributed by atoms with E-state index >= 15 is 0 Å². The zero-order chi connectivity index (χ0) is 13.2. The Bertz CT molecular complexity index is 273. The molecule has 0 spiro atoms. The molecule has 0 aromatic rings. The van der Waals surface area contributed by atoms with Gasteiger partial charge in [0, 0.05) is 18.1 Å². The van der Waals surface area contributed by atoms with Crippen LogP contribution < -0.4 is 5.32 Å². The van der Waals surface area contributed by atoms with Crippen LogP contribution >= 0.6 is 0 Å². The van der Waals surface area contributed by atoms with Crippen molar-refractivity contribution in [2.75, 3.05) is 13.6 Å². The molecule has 0 amide bonds. The largest absolute Gasteiger partial charge is 0.314 e. The molecule has 2 heterocycles. The number of nitrogens with zero attached hydrogens (tertiary/aromatic N) is 1. The third-order valence-corrected chi connectivity index (χ3v) is 6.17. The standard InChI is InChI=1S/C17H32N2/c1-3-9-18-17(10-13-5-4-6-13)14-11-15-7-8-16(12-14)19(15)2/h13-18H,3-12H2,1-2H3. The summed E-state index contributed by atoms with van der Waals surface area (Å²) in [7, 11) is 2.36. The Morgan fingerprint density at radius 3 is 2.32 bits per heavy atom. The second-order valence-electron chi connectivity index (χ2n) is 7.38. The molecule has 0 aromatic heterocycles. The minimum atomic E-state index is 0.821. The molecular formula is C17H32N2. The van der Waals surface area contributed by atoms with Crippen LogP contribution in [0.15, 0.2) is 0 Å². The van der Waals surface area contributed by atoms with Gasteiger partial charge in [0.05, 0.1) is 0 Å². The van der Waals surface area contributed by atoms with Gasteiger partial charge in [-0.25, -0.2) is 0 Å². The molecule has 3 fully saturated rings. The van der Waals surface area contributed by atoms with Crippen molar-refractivity contribution in [3.8, 4) is 0 Å². The fraction of sp³-hybridized carbons (Fsp3) is 1.00. The van der Waals surface area contributed by atoms with Crippen molar-refractivity contribution in [1.82, 2.24) is 10.2 Å². The Morgan fingerprint density at radius 2 is 1.79 bits per heavy atom. The van der Waals surface area contributed by atoms with Gasteiger partial charge in [0.25, 0.3) is 0 Å². The first-order valence-corrected chi connectivity index (χ1v) is 8.73. The second kappa shape index (κ2) is 6.13. The first-order valence-electron chi connectivity index (χ1n) is 8.73.